The van der Waals surface area contributed by atoms with E-state index in [1.807, 2.05) is 36.5 Å². The van der Waals surface area contributed by atoms with E-state index in [-0.39, 0.29) is 5.92 Å². The van der Waals surface area contributed by atoms with E-state index in [2.05, 4.69) is 9.97 Å². The van der Waals surface area contributed by atoms with Crippen molar-refractivity contribution in [3.05, 3.63) is 59.7 Å². The lowest BCUT2D eigenvalue weighted by Crippen LogP contribution is -2.17. The van der Waals surface area contributed by atoms with Gasteiger partial charge in [-0.1, -0.05) is 12.1 Å². The number of aliphatic hydroxyl groups excluding tert-OH is 1. The SMILES string of the molecule is OC1CCC(c2ccccn2)c2cccnc21. The van der Waals surface area contributed by atoms with Gasteiger partial charge in [-0.25, -0.2) is 0 Å². The molecule has 3 heteroatoms. The zero-order chi connectivity index (χ0) is 11.7. The standard InChI is InChI=1S/C14H14N2O/c17-13-7-6-10(12-5-1-2-8-15-12)11-4-3-9-16-14(11)13/h1-5,8-10,13,17H,6-7H2. The summed E-state index contributed by atoms with van der Waals surface area (Å²) in [5, 5.41) is 9.94. The van der Waals surface area contributed by atoms with Crippen LogP contribution in [0, 0.1) is 0 Å². The van der Waals surface area contributed by atoms with Gasteiger partial charge >= 0.3 is 0 Å². The van der Waals surface area contributed by atoms with Crippen LogP contribution in [0.5, 0.6) is 0 Å². The normalized spacial score (nSPS) is 23.1. The predicted molar refractivity (Wildman–Crippen MR) is 64.5 cm³/mol. The molecule has 1 N–H and O–H groups in total. The van der Waals surface area contributed by atoms with Crippen molar-refractivity contribution < 1.29 is 5.11 Å². The fourth-order valence-electron chi connectivity index (χ4n) is 2.51. The first-order valence-electron chi connectivity index (χ1n) is 5.90. The molecule has 1 aliphatic carbocycles. The maximum absolute atomic E-state index is 9.94. The van der Waals surface area contributed by atoms with Gasteiger partial charge in [0, 0.05) is 24.0 Å². The molecule has 2 atom stereocenters. The third-order valence-electron chi connectivity index (χ3n) is 3.34. The second-order valence-corrected chi connectivity index (χ2v) is 4.38. The van der Waals surface area contributed by atoms with Gasteiger partial charge in [-0.3, -0.25) is 9.97 Å². The molecule has 3 rings (SSSR count). The fourth-order valence-corrected chi connectivity index (χ4v) is 2.51. The van der Waals surface area contributed by atoms with Crippen LogP contribution in [0.25, 0.3) is 0 Å². The first-order chi connectivity index (χ1) is 8.36. The number of hydrogen-bond acceptors (Lipinski definition) is 3. The first kappa shape index (κ1) is 10.4. The Morgan fingerprint density at radius 3 is 2.71 bits per heavy atom. The second-order valence-electron chi connectivity index (χ2n) is 4.38. The van der Waals surface area contributed by atoms with E-state index in [4.69, 9.17) is 0 Å². The smallest absolute Gasteiger partial charge is 0.0963 e. The van der Waals surface area contributed by atoms with Crippen LogP contribution in [-0.2, 0) is 0 Å². The predicted octanol–water partition coefficient (Wildman–Crippen LogP) is 2.44. The van der Waals surface area contributed by atoms with E-state index >= 15 is 0 Å². The molecule has 0 bridgehead atoms. The summed E-state index contributed by atoms with van der Waals surface area (Å²) in [6.45, 7) is 0. The van der Waals surface area contributed by atoms with Crippen molar-refractivity contribution >= 4 is 0 Å². The Balaban J connectivity index is 2.07. The molecular formula is C14H14N2O. The summed E-state index contributed by atoms with van der Waals surface area (Å²) in [6, 6.07) is 9.94. The van der Waals surface area contributed by atoms with E-state index in [0.29, 0.717) is 0 Å². The zero-order valence-corrected chi connectivity index (χ0v) is 9.45. The monoisotopic (exact) mass is 226 g/mol. The van der Waals surface area contributed by atoms with Crippen LogP contribution >= 0.6 is 0 Å². The van der Waals surface area contributed by atoms with Gasteiger partial charge in [0.2, 0.25) is 0 Å². The van der Waals surface area contributed by atoms with Crippen molar-refractivity contribution in [1.82, 2.24) is 9.97 Å². The van der Waals surface area contributed by atoms with Crippen LogP contribution < -0.4 is 0 Å². The summed E-state index contributed by atoms with van der Waals surface area (Å²) < 4.78 is 0. The molecule has 2 heterocycles. The summed E-state index contributed by atoms with van der Waals surface area (Å²) >= 11 is 0. The number of pyridine rings is 2. The van der Waals surface area contributed by atoms with Crippen molar-refractivity contribution in [3.8, 4) is 0 Å². The molecule has 0 fully saturated rings. The van der Waals surface area contributed by atoms with Crippen molar-refractivity contribution in [1.29, 1.82) is 0 Å². The molecule has 0 radical (unpaired) electrons. The summed E-state index contributed by atoms with van der Waals surface area (Å²) in [4.78, 5) is 8.72. The van der Waals surface area contributed by atoms with Gasteiger partial charge in [0.05, 0.1) is 11.8 Å². The van der Waals surface area contributed by atoms with Crippen molar-refractivity contribution in [2.75, 3.05) is 0 Å². The molecule has 0 aromatic carbocycles. The van der Waals surface area contributed by atoms with Gasteiger partial charge in [-0.15, -0.1) is 0 Å². The highest BCUT2D eigenvalue weighted by Gasteiger charge is 2.28. The van der Waals surface area contributed by atoms with Gasteiger partial charge in [-0.2, -0.15) is 0 Å². The maximum atomic E-state index is 9.94. The highest BCUT2D eigenvalue weighted by molar-refractivity contribution is 5.34. The number of nitrogens with zero attached hydrogens (tertiary/aromatic N) is 2. The van der Waals surface area contributed by atoms with E-state index in [1.165, 1.54) is 0 Å². The lowest BCUT2D eigenvalue weighted by molar-refractivity contribution is 0.148. The molecule has 0 aliphatic heterocycles. The highest BCUT2D eigenvalue weighted by atomic mass is 16.3. The third-order valence-corrected chi connectivity index (χ3v) is 3.34. The zero-order valence-electron chi connectivity index (χ0n) is 9.45. The number of rotatable bonds is 1. The average Bonchev–Trinajstić information content (AvgIpc) is 2.41. The van der Waals surface area contributed by atoms with Crippen molar-refractivity contribution in [2.45, 2.75) is 24.9 Å². The summed E-state index contributed by atoms with van der Waals surface area (Å²) in [7, 11) is 0. The summed E-state index contributed by atoms with van der Waals surface area (Å²) in [5.41, 5.74) is 2.99. The minimum Gasteiger partial charge on any atom is -0.387 e. The molecule has 2 unspecified atom stereocenters. The Morgan fingerprint density at radius 1 is 1.00 bits per heavy atom. The van der Waals surface area contributed by atoms with Gasteiger partial charge in [0.1, 0.15) is 0 Å². The van der Waals surface area contributed by atoms with Crippen LogP contribution in [-0.4, -0.2) is 15.1 Å². The van der Waals surface area contributed by atoms with Gasteiger partial charge in [-0.05, 0) is 36.6 Å². The molecule has 0 amide bonds. The van der Waals surface area contributed by atoms with Gasteiger partial charge in [0.25, 0.3) is 0 Å². The fraction of sp³-hybridized carbons (Fsp3) is 0.286. The van der Waals surface area contributed by atoms with E-state index in [1.54, 1.807) is 6.20 Å². The third kappa shape index (κ3) is 1.83. The molecule has 0 spiro atoms. The average molecular weight is 226 g/mol. The number of aliphatic hydroxyl groups is 1. The Bertz CT molecular complexity index is 513. The lowest BCUT2D eigenvalue weighted by atomic mass is 9.82. The largest absolute Gasteiger partial charge is 0.387 e. The quantitative estimate of drug-likeness (QED) is 0.812. The summed E-state index contributed by atoms with van der Waals surface area (Å²) in [5.74, 6) is 0.267. The van der Waals surface area contributed by atoms with E-state index in [0.717, 1.165) is 29.8 Å². The van der Waals surface area contributed by atoms with Gasteiger partial charge < -0.3 is 5.11 Å². The molecule has 3 nitrogen and oxygen atoms in total. The Morgan fingerprint density at radius 2 is 1.88 bits per heavy atom. The van der Waals surface area contributed by atoms with Crippen LogP contribution in [0.3, 0.4) is 0 Å². The lowest BCUT2D eigenvalue weighted by Gasteiger charge is -2.27. The van der Waals surface area contributed by atoms with E-state index in [9.17, 15) is 5.11 Å². The van der Waals surface area contributed by atoms with Crippen LogP contribution in [0.4, 0.5) is 0 Å². The van der Waals surface area contributed by atoms with Crippen molar-refractivity contribution in [3.63, 3.8) is 0 Å². The van der Waals surface area contributed by atoms with Crippen LogP contribution in [0.2, 0.25) is 0 Å². The molecule has 17 heavy (non-hydrogen) atoms. The molecule has 0 saturated carbocycles. The Labute approximate surface area is 100 Å². The number of aromatic nitrogens is 2. The highest BCUT2D eigenvalue weighted by Crippen LogP contribution is 2.39. The molecule has 86 valence electrons. The molecule has 2 aromatic rings. The molecule has 0 saturated heterocycles. The van der Waals surface area contributed by atoms with Crippen LogP contribution in [0.15, 0.2) is 42.7 Å². The molecular weight excluding hydrogens is 212 g/mol. The van der Waals surface area contributed by atoms with E-state index < -0.39 is 6.10 Å². The summed E-state index contributed by atoms with van der Waals surface area (Å²) in [6.07, 6.45) is 4.81. The van der Waals surface area contributed by atoms with Crippen LogP contribution in [0.1, 0.15) is 41.8 Å². The Hall–Kier alpha value is -1.74. The minimum absolute atomic E-state index is 0.267. The Kier molecular flexibility index (Phi) is 2.61. The first-order valence-corrected chi connectivity index (χ1v) is 5.90. The second kappa shape index (κ2) is 4.26. The van der Waals surface area contributed by atoms with Gasteiger partial charge in [0.15, 0.2) is 0 Å². The molecule has 1 aliphatic rings. The number of hydrogen-bond donors (Lipinski definition) is 1. The topological polar surface area (TPSA) is 46.0 Å². The number of fused-ring (bicyclic) bond motifs is 1. The maximum Gasteiger partial charge on any atom is 0.0963 e. The van der Waals surface area contributed by atoms with Crippen molar-refractivity contribution in [2.24, 2.45) is 0 Å². The molecule has 2 aromatic heterocycles. The minimum atomic E-state index is -0.425.